The summed E-state index contributed by atoms with van der Waals surface area (Å²) in [6, 6.07) is 31.8. The van der Waals surface area contributed by atoms with E-state index in [1.807, 2.05) is 78.4 Å². The average molecular weight is 1140 g/mol. The maximum Gasteiger partial charge on any atom is 0.124 e. The van der Waals surface area contributed by atoms with Gasteiger partial charge in [0.2, 0.25) is 0 Å². The Kier molecular flexibility index (Phi) is 16.7. The van der Waals surface area contributed by atoms with Crippen molar-refractivity contribution in [2.75, 3.05) is 33.7 Å². The van der Waals surface area contributed by atoms with Crippen LogP contribution in [0.5, 0.6) is 0 Å². The molecule has 6 aromatic rings. The van der Waals surface area contributed by atoms with Crippen molar-refractivity contribution in [3.8, 4) is 0 Å². The standard InChI is InChI=1S/2C16H19N3Si.2C5H7N2.2Pt/c2*1-18-12-19(16-15(18)6-5-11-17-16)13-7-9-14(10-8-13)20(2,3)4;2*1-4-3-5(2)7-6-4;;/h2*5-7,9-12H,1-4H3;2*3H,1-2H3;;/q2*-2;2*-1;;. The van der Waals surface area contributed by atoms with Crippen LogP contribution in [0.1, 0.15) is 22.8 Å². The van der Waals surface area contributed by atoms with E-state index in [1.54, 1.807) is 0 Å². The van der Waals surface area contributed by atoms with Gasteiger partial charge in [-0.25, -0.2) is 9.97 Å². The number of pyridine rings is 2. The number of benzene rings is 2. The molecule has 0 N–H and O–H groups in total. The SMILES string of the molecule is CN1[CH-]N(c2[c-]cc([Si](C)(C)C)cc2)c2ncccc21.CN1[CH-]N(c2[c-]cc([Si](C)(C)C)cc2)c2ncccc21.Cc1cc(C)[n-]n1.Cc1cc(C)[n-]n1.[Pt].[Pt]. The van der Waals surface area contributed by atoms with Crippen LogP contribution in [0.25, 0.3) is 0 Å². The summed E-state index contributed by atoms with van der Waals surface area (Å²) in [4.78, 5) is 17.3. The Balaban J connectivity index is 0.000000219. The van der Waals surface area contributed by atoms with E-state index >= 15 is 0 Å². The number of nitrogens with zero attached hydrogens (tertiary/aromatic N) is 10. The van der Waals surface area contributed by atoms with Crippen molar-refractivity contribution in [2.45, 2.75) is 67.0 Å². The van der Waals surface area contributed by atoms with E-state index < -0.39 is 16.1 Å². The monoisotopic (exact) mass is 1140 g/mol. The van der Waals surface area contributed by atoms with Crippen LogP contribution in [-0.4, -0.2) is 50.4 Å². The van der Waals surface area contributed by atoms with Gasteiger partial charge in [-0.2, -0.15) is 60.1 Å². The van der Waals surface area contributed by atoms with Crippen LogP contribution in [0, 0.1) is 53.2 Å². The summed E-state index contributed by atoms with van der Waals surface area (Å²) >= 11 is 0. The average Bonchev–Trinajstić information content (AvgIpc) is 3.90. The molecular formula is C42H52N10Pt2Si2-6. The van der Waals surface area contributed by atoms with Gasteiger partial charge in [0.1, 0.15) is 11.6 Å². The Morgan fingerprint density at radius 1 is 0.571 bits per heavy atom. The molecule has 2 aliphatic heterocycles. The number of aryl methyl sites for hydroxylation is 4. The quantitative estimate of drug-likeness (QED) is 0.130. The third kappa shape index (κ3) is 12.1. The number of hydrogen-bond acceptors (Lipinski definition) is 8. The second-order valence-electron chi connectivity index (χ2n) is 15.6. The van der Waals surface area contributed by atoms with Gasteiger partial charge in [-0.05, 0) is 52.2 Å². The van der Waals surface area contributed by atoms with Crippen LogP contribution in [0.15, 0.2) is 85.2 Å². The van der Waals surface area contributed by atoms with Gasteiger partial charge in [0.25, 0.3) is 0 Å². The molecule has 304 valence electrons. The number of aromatic nitrogens is 6. The molecule has 0 atom stereocenters. The van der Waals surface area contributed by atoms with Gasteiger partial charge in [-0.1, -0.05) is 65.3 Å². The van der Waals surface area contributed by atoms with Crippen LogP contribution in [0.2, 0.25) is 39.3 Å². The zero-order chi connectivity index (χ0) is 39.2. The van der Waals surface area contributed by atoms with Crippen LogP contribution in [0.3, 0.4) is 0 Å². The van der Waals surface area contributed by atoms with Gasteiger partial charge in [-0.15, -0.1) is 34.9 Å². The van der Waals surface area contributed by atoms with E-state index in [9.17, 15) is 0 Å². The van der Waals surface area contributed by atoms with E-state index in [1.165, 1.54) is 10.4 Å². The van der Waals surface area contributed by atoms with Crippen LogP contribution in [-0.2, 0) is 42.1 Å². The fourth-order valence-electron chi connectivity index (χ4n) is 5.73. The minimum atomic E-state index is -1.27. The molecule has 0 unspecified atom stereocenters. The van der Waals surface area contributed by atoms with Crippen molar-refractivity contribution in [1.82, 2.24) is 30.4 Å². The first-order valence-electron chi connectivity index (χ1n) is 18.1. The molecule has 0 saturated heterocycles. The molecule has 0 fully saturated rings. The molecule has 14 heteroatoms. The Morgan fingerprint density at radius 2 is 0.946 bits per heavy atom. The number of fused-ring (bicyclic) bond motifs is 2. The summed E-state index contributed by atoms with van der Waals surface area (Å²) in [5.41, 5.74) is 8.31. The Morgan fingerprint density at radius 3 is 1.20 bits per heavy atom. The predicted octanol–water partition coefficient (Wildman–Crippen LogP) is 7.57. The van der Waals surface area contributed by atoms with Crippen molar-refractivity contribution in [3.63, 3.8) is 0 Å². The van der Waals surface area contributed by atoms with Gasteiger partial charge in [0, 0.05) is 93.4 Å². The van der Waals surface area contributed by atoms with Gasteiger partial charge < -0.3 is 40.0 Å². The normalized spacial score (nSPS) is 12.8. The summed E-state index contributed by atoms with van der Waals surface area (Å²) in [5, 5.41) is 17.9. The van der Waals surface area contributed by atoms with E-state index in [-0.39, 0.29) is 42.1 Å². The Labute approximate surface area is 365 Å². The third-order valence-electron chi connectivity index (χ3n) is 8.74. The van der Waals surface area contributed by atoms with Gasteiger partial charge in [-0.3, -0.25) is 0 Å². The minimum absolute atomic E-state index is 0. The number of rotatable bonds is 4. The van der Waals surface area contributed by atoms with Gasteiger partial charge >= 0.3 is 0 Å². The molecule has 8 rings (SSSR count). The van der Waals surface area contributed by atoms with Crippen molar-refractivity contribution in [2.24, 2.45) is 0 Å². The Bertz CT molecular complexity index is 1920. The van der Waals surface area contributed by atoms with E-state index in [2.05, 4.69) is 163 Å². The molecule has 6 heterocycles. The predicted molar refractivity (Wildman–Crippen MR) is 229 cm³/mol. The smallest absolute Gasteiger partial charge is 0.124 e. The van der Waals surface area contributed by atoms with Crippen molar-refractivity contribution in [3.05, 3.63) is 133 Å². The second kappa shape index (κ2) is 20.0. The molecule has 0 saturated carbocycles. The van der Waals surface area contributed by atoms with Crippen molar-refractivity contribution in [1.29, 1.82) is 0 Å². The maximum absolute atomic E-state index is 4.48. The summed E-state index contributed by atoms with van der Waals surface area (Å²) < 4.78 is 0. The van der Waals surface area contributed by atoms with Crippen molar-refractivity contribution >= 4 is 60.9 Å². The fourth-order valence-corrected chi connectivity index (χ4v) is 7.91. The molecule has 0 bridgehead atoms. The molecule has 10 nitrogen and oxygen atoms in total. The molecule has 0 amide bonds. The molecule has 0 radical (unpaired) electrons. The van der Waals surface area contributed by atoms with Gasteiger partial charge in [0.05, 0.1) is 0 Å². The first kappa shape index (κ1) is 46.6. The summed E-state index contributed by atoms with van der Waals surface area (Å²) in [6.45, 7) is 25.9. The molecule has 2 aliphatic rings. The van der Waals surface area contributed by atoms with Gasteiger partial charge in [0.15, 0.2) is 0 Å². The zero-order valence-electron chi connectivity index (χ0n) is 34.3. The first-order valence-corrected chi connectivity index (χ1v) is 25.1. The van der Waals surface area contributed by atoms with Crippen LogP contribution in [0.4, 0.5) is 34.4 Å². The molecule has 0 spiro atoms. The number of anilines is 6. The van der Waals surface area contributed by atoms with E-state index in [0.29, 0.717) is 0 Å². The Hall–Kier alpha value is -3.83. The summed E-state index contributed by atoms with van der Waals surface area (Å²) in [5.74, 6) is 1.93. The number of hydrogen-bond donors (Lipinski definition) is 0. The minimum Gasteiger partial charge on any atom is -0.579 e. The first-order chi connectivity index (χ1) is 25.5. The second-order valence-corrected chi connectivity index (χ2v) is 25.7. The summed E-state index contributed by atoms with van der Waals surface area (Å²) in [6.07, 6.45) is 3.66. The molecule has 4 aromatic heterocycles. The zero-order valence-corrected chi connectivity index (χ0v) is 40.9. The maximum atomic E-state index is 4.48. The van der Waals surface area contributed by atoms with E-state index in [4.69, 9.17) is 0 Å². The van der Waals surface area contributed by atoms with Crippen molar-refractivity contribution < 1.29 is 42.1 Å². The topological polar surface area (TPSA) is 92.7 Å². The largest absolute Gasteiger partial charge is 0.579 e. The molecule has 0 aliphatic carbocycles. The molecule has 2 aromatic carbocycles. The summed E-state index contributed by atoms with van der Waals surface area (Å²) in [7, 11) is 1.54. The van der Waals surface area contributed by atoms with E-state index in [0.717, 1.165) is 57.2 Å². The molecular weight excluding hydrogens is 1090 g/mol. The molecule has 56 heavy (non-hydrogen) atoms. The van der Waals surface area contributed by atoms with Crippen LogP contribution < -0.4 is 40.2 Å². The van der Waals surface area contributed by atoms with Crippen LogP contribution >= 0.6 is 0 Å². The third-order valence-corrected chi connectivity index (χ3v) is 12.8. The fraction of sp³-hybridized carbons (Fsp3) is 0.286.